The monoisotopic (exact) mass is 341 g/mol. The summed E-state index contributed by atoms with van der Waals surface area (Å²) in [6, 6.07) is 9.42. The van der Waals surface area contributed by atoms with Crippen molar-refractivity contribution in [1.29, 1.82) is 0 Å². The van der Waals surface area contributed by atoms with Crippen molar-refractivity contribution in [1.82, 2.24) is 15.1 Å². The van der Waals surface area contributed by atoms with Gasteiger partial charge in [-0.1, -0.05) is 29.8 Å². The third kappa shape index (κ3) is 2.71. The predicted molar refractivity (Wildman–Crippen MR) is 90.6 cm³/mol. The molecule has 6 heteroatoms. The Balaban J connectivity index is 1.48. The molecule has 1 amide bonds. The first-order chi connectivity index (χ1) is 11.7. The van der Waals surface area contributed by atoms with E-state index in [1.165, 1.54) is 0 Å². The van der Waals surface area contributed by atoms with E-state index in [1.54, 1.807) is 10.9 Å². The molecular weight excluding hydrogens is 326 g/mol. The first-order valence-corrected chi connectivity index (χ1v) is 8.21. The summed E-state index contributed by atoms with van der Waals surface area (Å²) in [6.07, 6.45) is 5.29. The highest BCUT2D eigenvalue weighted by molar-refractivity contribution is 6.31. The molecule has 1 aromatic carbocycles. The van der Waals surface area contributed by atoms with E-state index in [2.05, 4.69) is 10.4 Å². The molecule has 0 fully saturated rings. The summed E-state index contributed by atoms with van der Waals surface area (Å²) in [5.74, 6) is 0.858. The van der Waals surface area contributed by atoms with Crippen molar-refractivity contribution in [3.05, 3.63) is 64.7 Å². The average Bonchev–Trinajstić information content (AvgIpc) is 3.20. The molecular formula is C18H16ClN3O2. The van der Waals surface area contributed by atoms with E-state index in [9.17, 15) is 4.79 Å². The van der Waals surface area contributed by atoms with Crippen molar-refractivity contribution in [3.8, 4) is 11.3 Å². The first kappa shape index (κ1) is 15.0. The number of amides is 1. The molecule has 2 heterocycles. The van der Waals surface area contributed by atoms with Crippen LogP contribution in [0, 0.1) is 0 Å². The molecule has 122 valence electrons. The standard InChI is InChI=1S/C18H16ClN3O2/c19-15-4-2-1-3-12(15)9-20-17(23)11-22-18-13(10-21-22)5-6-16-14(18)7-8-24-16/h1-4,7-8,10H,5-6,9,11H2,(H,20,23). The van der Waals surface area contributed by atoms with Gasteiger partial charge in [-0.2, -0.15) is 5.10 Å². The molecule has 2 aromatic heterocycles. The smallest absolute Gasteiger partial charge is 0.242 e. The van der Waals surface area contributed by atoms with Crippen molar-refractivity contribution in [2.24, 2.45) is 0 Å². The number of aromatic nitrogens is 2. The molecule has 0 radical (unpaired) electrons. The molecule has 3 aromatic rings. The van der Waals surface area contributed by atoms with Crippen molar-refractivity contribution in [2.45, 2.75) is 25.9 Å². The highest BCUT2D eigenvalue weighted by Gasteiger charge is 2.23. The lowest BCUT2D eigenvalue weighted by molar-refractivity contribution is -0.122. The Hall–Kier alpha value is -2.53. The van der Waals surface area contributed by atoms with E-state index in [4.69, 9.17) is 16.0 Å². The van der Waals surface area contributed by atoms with Gasteiger partial charge >= 0.3 is 0 Å². The minimum Gasteiger partial charge on any atom is -0.469 e. The van der Waals surface area contributed by atoms with E-state index < -0.39 is 0 Å². The molecule has 0 atom stereocenters. The Morgan fingerprint density at radius 3 is 3.04 bits per heavy atom. The molecule has 1 N–H and O–H groups in total. The zero-order valence-electron chi connectivity index (χ0n) is 13.0. The molecule has 5 nitrogen and oxygen atoms in total. The fraction of sp³-hybridized carbons (Fsp3) is 0.222. The van der Waals surface area contributed by atoms with Gasteiger partial charge < -0.3 is 9.73 Å². The summed E-state index contributed by atoms with van der Waals surface area (Å²) in [7, 11) is 0. The molecule has 0 spiro atoms. The van der Waals surface area contributed by atoms with Crippen LogP contribution in [0.1, 0.15) is 16.9 Å². The van der Waals surface area contributed by atoms with Gasteiger partial charge in [0.25, 0.3) is 0 Å². The Morgan fingerprint density at radius 2 is 2.17 bits per heavy atom. The van der Waals surface area contributed by atoms with Crippen LogP contribution in [0.4, 0.5) is 0 Å². The van der Waals surface area contributed by atoms with Crippen LogP contribution in [-0.4, -0.2) is 15.7 Å². The Bertz CT molecular complexity index is 897. The number of nitrogens with one attached hydrogen (secondary N) is 1. The Morgan fingerprint density at radius 1 is 1.29 bits per heavy atom. The lowest BCUT2D eigenvalue weighted by atomic mass is 9.96. The minimum atomic E-state index is -0.101. The maximum absolute atomic E-state index is 12.3. The number of carbonyl (C=O) groups is 1. The number of rotatable bonds is 4. The molecule has 0 aliphatic heterocycles. The zero-order valence-corrected chi connectivity index (χ0v) is 13.7. The number of aryl methyl sites for hydroxylation is 2. The first-order valence-electron chi connectivity index (χ1n) is 7.84. The van der Waals surface area contributed by atoms with Gasteiger partial charge in [0, 0.05) is 23.6 Å². The van der Waals surface area contributed by atoms with Crippen LogP contribution in [-0.2, 0) is 30.7 Å². The van der Waals surface area contributed by atoms with Gasteiger partial charge in [-0.05, 0) is 29.7 Å². The van der Waals surface area contributed by atoms with Crippen LogP contribution < -0.4 is 5.32 Å². The van der Waals surface area contributed by atoms with Crippen LogP contribution in [0.5, 0.6) is 0 Å². The third-order valence-electron chi connectivity index (χ3n) is 4.26. The van der Waals surface area contributed by atoms with Crippen LogP contribution in [0.15, 0.2) is 47.2 Å². The van der Waals surface area contributed by atoms with Crippen molar-refractivity contribution >= 4 is 17.5 Å². The van der Waals surface area contributed by atoms with Gasteiger partial charge in [0.15, 0.2) is 0 Å². The number of nitrogens with zero attached hydrogens (tertiary/aromatic N) is 2. The normalized spacial score (nSPS) is 12.5. The number of hydrogen-bond donors (Lipinski definition) is 1. The molecule has 0 saturated carbocycles. The molecule has 4 rings (SSSR count). The number of furan rings is 1. The SMILES string of the molecule is O=C(Cn1ncc2c1-c1ccoc1CC2)NCc1ccccc1Cl. The summed E-state index contributed by atoms with van der Waals surface area (Å²) >= 11 is 6.11. The maximum Gasteiger partial charge on any atom is 0.242 e. The topological polar surface area (TPSA) is 60.1 Å². The number of carbonyl (C=O) groups excluding carboxylic acids is 1. The highest BCUT2D eigenvalue weighted by atomic mass is 35.5. The van der Waals surface area contributed by atoms with E-state index in [0.717, 1.165) is 41.0 Å². The molecule has 1 aliphatic rings. The van der Waals surface area contributed by atoms with Gasteiger partial charge in [-0.3, -0.25) is 9.48 Å². The van der Waals surface area contributed by atoms with Crippen molar-refractivity contribution in [3.63, 3.8) is 0 Å². The molecule has 0 unspecified atom stereocenters. The van der Waals surface area contributed by atoms with Gasteiger partial charge in [0.1, 0.15) is 12.3 Å². The highest BCUT2D eigenvalue weighted by Crippen LogP contribution is 2.33. The van der Waals surface area contributed by atoms with E-state index in [-0.39, 0.29) is 12.5 Å². The summed E-state index contributed by atoms with van der Waals surface area (Å²) in [5, 5.41) is 7.92. The van der Waals surface area contributed by atoms with Crippen LogP contribution in [0.3, 0.4) is 0 Å². The van der Waals surface area contributed by atoms with E-state index in [0.29, 0.717) is 11.6 Å². The van der Waals surface area contributed by atoms with Crippen LogP contribution >= 0.6 is 11.6 Å². The fourth-order valence-corrected chi connectivity index (χ4v) is 3.26. The van der Waals surface area contributed by atoms with E-state index >= 15 is 0 Å². The molecule has 0 saturated heterocycles. The second-order valence-electron chi connectivity index (χ2n) is 5.80. The molecule has 1 aliphatic carbocycles. The number of halogens is 1. The van der Waals surface area contributed by atoms with E-state index in [1.807, 2.05) is 36.5 Å². The maximum atomic E-state index is 12.3. The second-order valence-corrected chi connectivity index (χ2v) is 6.21. The fourth-order valence-electron chi connectivity index (χ4n) is 3.06. The Kier molecular flexibility index (Phi) is 3.86. The van der Waals surface area contributed by atoms with Crippen molar-refractivity contribution in [2.75, 3.05) is 0 Å². The largest absolute Gasteiger partial charge is 0.469 e. The molecule has 0 bridgehead atoms. The minimum absolute atomic E-state index is 0.101. The van der Waals surface area contributed by atoms with Crippen LogP contribution in [0.25, 0.3) is 11.3 Å². The van der Waals surface area contributed by atoms with Gasteiger partial charge in [0.05, 0.1) is 18.2 Å². The Labute approximate surface area is 144 Å². The van der Waals surface area contributed by atoms with Gasteiger partial charge in [0.2, 0.25) is 5.91 Å². The summed E-state index contributed by atoms with van der Waals surface area (Å²) in [4.78, 5) is 12.3. The summed E-state index contributed by atoms with van der Waals surface area (Å²) < 4.78 is 7.25. The third-order valence-corrected chi connectivity index (χ3v) is 4.63. The summed E-state index contributed by atoms with van der Waals surface area (Å²) in [6.45, 7) is 0.573. The zero-order chi connectivity index (χ0) is 16.5. The number of hydrogen-bond acceptors (Lipinski definition) is 3. The van der Waals surface area contributed by atoms with Crippen LogP contribution in [0.2, 0.25) is 5.02 Å². The lowest BCUT2D eigenvalue weighted by Crippen LogP contribution is -2.28. The lowest BCUT2D eigenvalue weighted by Gasteiger charge is -2.14. The number of benzene rings is 1. The second kappa shape index (κ2) is 6.17. The van der Waals surface area contributed by atoms with Crippen molar-refractivity contribution < 1.29 is 9.21 Å². The van der Waals surface area contributed by atoms with Gasteiger partial charge in [-0.15, -0.1) is 0 Å². The van der Waals surface area contributed by atoms with Gasteiger partial charge in [-0.25, -0.2) is 0 Å². The molecule has 24 heavy (non-hydrogen) atoms. The quantitative estimate of drug-likeness (QED) is 0.792. The number of fused-ring (bicyclic) bond motifs is 3. The predicted octanol–water partition coefficient (Wildman–Crippen LogP) is 3.21. The average molecular weight is 342 g/mol. The summed E-state index contributed by atoms with van der Waals surface area (Å²) in [5.41, 5.74) is 4.07.